The van der Waals surface area contributed by atoms with E-state index in [2.05, 4.69) is 4.74 Å². The van der Waals surface area contributed by atoms with E-state index in [1.165, 1.54) is 0 Å². The molecule has 0 atom stereocenters. The summed E-state index contributed by atoms with van der Waals surface area (Å²) in [5.74, 6) is 0. The molecule has 0 aromatic rings. The number of halogens is 1. The zero-order chi connectivity index (χ0) is 5.70. The summed E-state index contributed by atoms with van der Waals surface area (Å²) < 4.78 is 14.9. The summed E-state index contributed by atoms with van der Waals surface area (Å²) >= 11 is 0. The molecule has 1 radical (unpaired) electrons. The van der Waals surface area contributed by atoms with E-state index in [0.29, 0.717) is 0 Å². The van der Waals surface area contributed by atoms with Crippen molar-refractivity contribution < 1.29 is 14.0 Å². The van der Waals surface area contributed by atoms with Crippen LogP contribution in [-0.2, 0) is 4.74 Å². The van der Waals surface area contributed by atoms with Gasteiger partial charge >= 0.3 is 6.09 Å². The van der Waals surface area contributed by atoms with E-state index in [9.17, 15) is 9.28 Å². The summed E-state index contributed by atoms with van der Waals surface area (Å²) in [4.78, 5) is 9.70. The van der Waals surface area contributed by atoms with Crippen molar-refractivity contribution in [3.8, 4) is 0 Å². The summed E-state index contributed by atoms with van der Waals surface area (Å²) in [6, 6.07) is 0. The third-order valence-electron chi connectivity index (χ3n) is 0.353. The van der Waals surface area contributed by atoms with Crippen LogP contribution in [0.5, 0.6) is 0 Å². The third-order valence-corrected chi connectivity index (χ3v) is 0.353. The fourth-order valence-corrected chi connectivity index (χ4v) is 0.158. The normalized spacial score (nSPS) is 6.75. The Hall–Kier alpha value is 0.200. The van der Waals surface area contributed by atoms with Crippen molar-refractivity contribution in [1.29, 1.82) is 0 Å². The molecule has 0 aromatic heterocycles. The number of carbonyl (C=O) groups is 1. The maximum Gasteiger partial charge on any atom is 0.435 e. The number of hydrogen-bond acceptors (Lipinski definition) is 2. The van der Waals surface area contributed by atoms with Crippen molar-refractivity contribution >= 4 is 35.7 Å². The first-order chi connectivity index (χ1) is 3.31. The molecule has 0 aliphatic rings. The molecule has 3 nitrogen and oxygen atoms in total. The first-order valence-corrected chi connectivity index (χ1v) is 1.84. The third kappa shape index (κ3) is 6.20. The molecule has 0 aliphatic carbocycles. The van der Waals surface area contributed by atoms with Crippen molar-refractivity contribution in [3.05, 3.63) is 0 Å². The van der Waals surface area contributed by atoms with Gasteiger partial charge in [-0.25, -0.2) is 4.79 Å². The molecule has 43 valence electrons. The van der Waals surface area contributed by atoms with Crippen LogP contribution in [0.1, 0.15) is 6.92 Å². The zero-order valence-electron chi connectivity index (χ0n) is 4.90. The van der Waals surface area contributed by atoms with Crippen LogP contribution in [0.3, 0.4) is 0 Å². The van der Waals surface area contributed by atoms with Crippen LogP contribution in [0, 0.1) is 0 Å². The molecule has 0 aliphatic heterocycles. The van der Waals surface area contributed by atoms with Gasteiger partial charge in [0.2, 0.25) is 0 Å². The SMILES string of the molecule is CCOC(=O)NF.[Na]. The first kappa shape index (κ1) is 11.1. The Morgan fingerprint density at radius 2 is 2.38 bits per heavy atom. The van der Waals surface area contributed by atoms with E-state index in [1.807, 2.05) is 0 Å². The van der Waals surface area contributed by atoms with Gasteiger partial charge < -0.3 is 4.74 Å². The summed E-state index contributed by atoms with van der Waals surface area (Å²) in [6.07, 6.45) is -1.04. The molecule has 1 N–H and O–H groups in total. The predicted octanol–water partition coefficient (Wildman–Crippen LogP) is 0.236. The number of nitrogens with one attached hydrogen (secondary N) is 1. The minimum absolute atomic E-state index is 0. The molecular weight excluding hydrogens is 124 g/mol. The maximum atomic E-state index is 10.8. The largest absolute Gasteiger partial charge is 0.448 e. The van der Waals surface area contributed by atoms with Crippen LogP contribution in [0.4, 0.5) is 9.28 Å². The van der Waals surface area contributed by atoms with E-state index in [-0.39, 0.29) is 36.2 Å². The Labute approximate surface area is 68.8 Å². The molecule has 0 heterocycles. The number of hydrogen-bond donors (Lipinski definition) is 1. The minimum atomic E-state index is -1.04. The molecule has 0 saturated heterocycles. The van der Waals surface area contributed by atoms with E-state index in [1.54, 1.807) is 6.92 Å². The Kier molecular flexibility index (Phi) is 9.95. The minimum Gasteiger partial charge on any atom is -0.448 e. The van der Waals surface area contributed by atoms with Crippen LogP contribution in [0.15, 0.2) is 0 Å². The smallest absolute Gasteiger partial charge is 0.435 e. The van der Waals surface area contributed by atoms with Gasteiger partial charge in [-0.15, -0.1) is 0 Å². The topological polar surface area (TPSA) is 38.3 Å². The molecule has 0 spiro atoms. The number of carbonyl (C=O) groups excluding carboxylic acids is 1. The van der Waals surface area contributed by atoms with Gasteiger partial charge in [0.25, 0.3) is 0 Å². The summed E-state index contributed by atoms with van der Waals surface area (Å²) in [6.45, 7) is 1.78. The average Bonchev–Trinajstić information content (AvgIpc) is 1.68. The monoisotopic (exact) mass is 130 g/mol. The van der Waals surface area contributed by atoms with Crippen LogP contribution in [-0.4, -0.2) is 42.3 Å². The predicted molar refractivity (Wildman–Crippen MR) is 27.0 cm³/mol. The van der Waals surface area contributed by atoms with Crippen molar-refractivity contribution in [2.75, 3.05) is 6.61 Å². The van der Waals surface area contributed by atoms with E-state index < -0.39 is 6.09 Å². The molecule has 5 heteroatoms. The number of rotatable bonds is 1. The van der Waals surface area contributed by atoms with Gasteiger partial charge in [-0.2, -0.15) is 5.54 Å². The molecule has 0 rings (SSSR count). The van der Waals surface area contributed by atoms with Crippen molar-refractivity contribution in [3.63, 3.8) is 0 Å². The van der Waals surface area contributed by atoms with E-state index >= 15 is 0 Å². The van der Waals surface area contributed by atoms with E-state index in [0.717, 1.165) is 5.54 Å². The second-order valence-corrected chi connectivity index (χ2v) is 0.815. The Morgan fingerprint density at radius 1 is 1.88 bits per heavy atom. The van der Waals surface area contributed by atoms with Crippen LogP contribution in [0.25, 0.3) is 0 Å². The average molecular weight is 130 g/mol. The van der Waals surface area contributed by atoms with Gasteiger partial charge in [0.1, 0.15) is 0 Å². The maximum absolute atomic E-state index is 10.8. The van der Waals surface area contributed by atoms with E-state index in [4.69, 9.17) is 0 Å². The van der Waals surface area contributed by atoms with Gasteiger partial charge in [-0.05, 0) is 6.92 Å². The summed E-state index contributed by atoms with van der Waals surface area (Å²) in [7, 11) is 0. The summed E-state index contributed by atoms with van der Waals surface area (Å²) in [5.41, 5.74) is 0.805. The van der Waals surface area contributed by atoms with Gasteiger partial charge in [-0.3, -0.25) is 0 Å². The fourth-order valence-electron chi connectivity index (χ4n) is 0.158. The number of ether oxygens (including phenoxy) is 1. The van der Waals surface area contributed by atoms with Crippen LogP contribution in [0.2, 0.25) is 0 Å². The molecule has 0 fully saturated rings. The summed E-state index contributed by atoms with van der Waals surface area (Å²) in [5, 5.41) is 0. The standard InChI is InChI=1S/C3H6FNO2.Na/c1-2-7-3(6)5-4;/h2H2,1H3,(H,5,6);. The van der Waals surface area contributed by atoms with Crippen LogP contribution < -0.4 is 5.54 Å². The molecule has 0 unspecified atom stereocenters. The molecule has 8 heavy (non-hydrogen) atoms. The molecule has 1 amide bonds. The molecule has 0 aromatic carbocycles. The molecule has 0 bridgehead atoms. The second kappa shape index (κ2) is 7.20. The Bertz CT molecular complexity index is 70.3. The Balaban J connectivity index is 0. The van der Waals surface area contributed by atoms with Crippen molar-refractivity contribution in [1.82, 2.24) is 5.54 Å². The van der Waals surface area contributed by atoms with Gasteiger partial charge in [-0.1, -0.05) is 4.48 Å². The molecular formula is C3H6FNNaO2. The number of amides is 1. The van der Waals surface area contributed by atoms with Gasteiger partial charge in [0.05, 0.1) is 6.61 Å². The second-order valence-electron chi connectivity index (χ2n) is 0.815. The fraction of sp³-hybridized carbons (Fsp3) is 0.667. The molecule has 0 saturated carbocycles. The Morgan fingerprint density at radius 3 is 2.50 bits per heavy atom. The zero-order valence-corrected chi connectivity index (χ0v) is 6.90. The first-order valence-electron chi connectivity index (χ1n) is 1.84. The van der Waals surface area contributed by atoms with Gasteiger partial charge in [0.15, 0.2) is 0 Å². The van der Waals surface area contributed by atoms with Crippen LogP contribution >= 0.6 is 0 Å². The van der Waals surface area contributed by atoms with Gasteiger partial charge in [0, 0.05) is 29.6 Å². The van der Waals surface area contributed by atoms with Crippen molar-refractivity contribution in [2.24, 2.45) is 0 Å². The quantitative estimate of drug-likeness (QED) is 0.407. The van der Waals surface area contributed by atoms with Crippen molar-refractivity contribution in [2.45, 2.75) is 6.92 Å².